The van der Waals surface area contributed by atoms with Crippen LogP contribution in [0.5, 0.6) is 5.75 Å². The van der Waals surface area contributed by atoms with Crippen LogP contribution in [0.25, 0.3) is 0 Å². The molecule has 0 aliphatic rings. The Bertz CT molecular complexity index is 736. The number of phenolic OH excluding ortho intramolecular Hbond substituents is 1. The van der Waals surface area contributed by atoms with Gasteiger partial charge in [0, 0.05) is 32.0 Å². The quantitative estimate of drug-likeness (QED) is 0.539. The molecule has 2 heterocycles. The summed E-state index contributed by atoms with van der Waals surface area (Å²) < 4.78 is 0. The van der Waals surface area contributed by atoms with E-state index in [4.69, 9.17) is 5.73 Å². The Morgan fingerprint density at radius 2 is 1.42 bits per heavy atom. The van der Waals surface area contributed by atoms with Crippen molar-refractivity contribution in [2.75, 3.05) is 5.73 Å². The minimum absolute atomic E-state index is 0.114. The van der Waals surface area contributed by atoms with Gasteiger partial charge in [0.05, 0.1) is 17.1 Å². The van der Waals surface area contributed by atoms with E-state index in [-0.39, 0.29) is 5.75 Å². The fourth-order valence-corrected chi connectivity index (χ4v) is 2.59. The van der Waals surface area contributed by atoms with E-state index in [1.807, 2.05) is 42.5 Å². The summed E-state index contributed by atoms with van der Waals surface area (Å²) in [4.78, 5) is 11.0. The van der Waals surface area contributed by atoms with Crippen molar-refractivity contribution in [3.8, 4) is 5.75 Å². The molecule has 3 N–H and O–H groups in total. The second kappa shape index (κ2) is 7.57. The van der Waals surface area contributed by atoms with Gasteiger partial charge in [-0.1, -0.05) is 24.3 Å². The van der Waals surface area contributed by atoms with Crippen molar-refractivity contribution in [3.63, 3.8) is 0 Å². The highest BCUT2D eigenvalue weighted by Gasteiger charge is 2.12. The van der Waals surface area contributed by atoms with Gasteiger partial charge in [-0.2, -0.15) is 0 Å². The van der Waals surface area contributed by atoms with Gasteiger partial charge in [-0.05, 0) is 35.9 Å². The van der Waals surface area contributed by atoms with Crippen molar-refractivity contribution < 1.29 is 5.11 Å². The topological polar surface area (TPSA) is 75.3 Å². The van der Waals surface area contributed by atoms with Crippen LogP contribution in [0.1, 0.15) is 17.0 Å². The third kappa shape index (κ3) is 4.08. The molecule has 0 unspecified atom stereocenters. The van der Waals surface area contributed by atoms with E-state index in [0.717, 1.165) is 17.0 Å². The number of nitrogen functional groups attached to an aromatic ring is 1. The highest BCUT2D eigenvalue weighted by atomic mass is 16.3. The van der Waals surface area contributed by atoms with Gasteiger partial charge in [-0.3, -0.25) is 14.9 Å². The zero-order valence-electron chi connectivity index (χ0n) is 13.3. The monoisotopic (exact) mass is 320 g/mol. The molecule has 0 aliphatic heterocycles. The molecule has 0 amide bonds. The Labute approximate surface area is 141 Å². The number of benzene rings is 1. The lowest BCUT2D eigenvalue weighted by Crippen LogP contribution is -2.24. The Morgan fingerprint density at radius 1 is 0.792 bits per heavy atom. The average Bonchev–Trinajstić information content (AvgIpc) is 2.61. The van der Waals surface area contributed by atoms with Crippen LogP contribution in [-0.2, 0) is 19.6 Å². The second-order valence-corrected chi connectivity index (χ2v) is 5.64. The zero-order chi connectivity index (χ0) is 16.8. The van der Waals surface area contributed by atoms with E-state index in [2.05, 4.69) is 14.9 Å². The summed E-state index contributed by atoms with van der Waals surface area (Å²) in [5.74, 6) is 0.114. The van der Waals surface area contributed by atoms with Crippen LogP contribution in [0.15, 0.2) is 67.0 Å². The molecular formula is C19H20N4O. The number of para-hydroxylation sites is 1. The minimum atomic E-state index is 0.114. The van der Waals surface area contributed by atoms with E-state index in [0.29, 0.717) is 25.3 Å². The first-order valence-corrected chi connectivity index (χ1v) is 7.81. The Balaban J connectivity index is 1.82. The van der Waals surface area contributed by atoms with Crippen molar-refractivity contribution in [2.45, 2.75) is 19.6 Å². The second-order valence-electron chi connectivity index (χ2n) is 5.64. The first-order chi connectivity index (χ1) is 11.7. The van der Waals surface area contributed by atoms with E-state index < -0.39 is 0 Å². The van der Waals surface area contributed by atoms with Crippen molar-refractivity contribution >= 4 is 5.69 Å². The predicted molar refractivity (Wildman–Crippen MR) is 93.9 cm³/mol. The number of aromatic hydroxyl groups is 1. The average molecular weight is 320 g/mol. The van der Waals surface area contributed by atoms with E-state index in [1.165, 1.54) is 0 Å². The van der Waals surface area contributed by atoms with Gasteiger partial charge in [0.15, 0.2) is 0 Å². The molecule has 5 heteroatoms. The summed E-state index contributed by atoms with van der Waals surface area (Å²) in [5.41, 5.74) is 9.28. The number of anilines is 1. The fourth-order valence-electron chi connectivity index (χ4n) is 2.59. The lowest BCUT2D eigenvalue weighted by Gasteiger charge is -2.22. The number of nitrogens with zero attached hydrogens (tertiary/aromatic N) is 3. The van der Waals surface area contributed by atoms with Gasteiger partial charge in [0.2, 0.25) is 0 Å². The molecule has 3 rings (SSSR count). The normalized spacial score (nSPS) is 10.9. The van der Waals surface area contributed by atoms with Crippen LogP contribution in [0.4, 0.5) is 5.69 Å². The van der Waals surface area contributed by atoms with Crippen LogP contribution >= 0.6 is 0 Å². The molecule has 0 bridgehead atoms. The maximum absolute atomic E-state index is 9.82. The molecule has 0 radical (unpaired) electrons. The highest BCUT2D eigenvalue weighted by molar-refractivity contribution is 5.57. The van der Waals surface area contributed by atoms with Crippen molar-refractivity contribution in [1.82, 2.24) is 14.9 Å². The van der Waals surface area contributed by atoms with E-state index in [1.54, 1.807) is 24.5 Å². The Kier molecular flexibility index (Phi) is 5.03. The van der Waals surface area contributed by atoms with Crippen LogP contribution in [0, 0.1) is 0 Å². The molecule has 5 nitrogen and oxygen atoms in total. The number of hydrogen-bond acceptors (Lipinski definition) is 5. The Hall–Kier alpha value is -2.92. The molecular weight excluding hydrogens is 300 g/mol. The highest BCUT2D eigenvalue weighted by Crippen LogP contribution is 2.25. The molecule has 0 saturated carbocycles. The molecule has 0 saturated heterocycles. The maximum atomic E-state index is 9.82. The molecule has 2 aromatic heterocycles. The van der Waals surface area contributed by atoms with Crippen molar-refractivity contribution in [1.29, 1.82) is 0 Å². The third-order valence-electron chi connectivity index (χ3n) is 3.79. The number of hydrogen-bond donors (Lipinski definition) is 2. The smallest absolute Gasteiger partial charge is 0.138 e. The lowest BCUT2D eigenvalue weighted by molar-refractivity contribution is 0.242. The van der Waals surface area contributed by atoms with Gasteiger partial charge in [0.25, 0.3) is 0 Å². The van der Waals surface area contributed by atoms with Crippen LogP contribution < -0.4 is 5.73 Å². The largest absolute Gasteiger partial charge is 0.506 e. The number of rotatable bonds is 6. The summed E-state index contributed by atoms with van der Waals surface area (Å²) >= 11 is 0. The SMILES string of the molecule is Nc1c(O)cccc1CN(Cc1ccccn1)Cc1ccccn1. The lowest BCUT2D eigenvalue weighted by atomic mass is 10.1. The molecule has 0 aliphatic carbocycles. The van der Waals surface area contributed by atoms with Crippen molar-refractivity contribution in [2.24, 2.45) is 0 Å². The summed E-state index contributed by atoms with van der Waals surface area (Å²) in [6.07, 6.45) is 3.58. The maximum Gasteiger partial charge on any atom is 0.138 e. The summed E-state index contributed by atoms with van der Waals surface area (Å²) in [7, 11) is 0. The van der Waals surface area contributed by atoms with E-state index >= 15 is 0 Å². The Morgan fingerprint density at radius 3 is 1.96 bits per heavy atom. The van der Waals surface area contributed by atoms with Crippen LogP contribution in [0.2, 0.25) is 0 Å². The predicted octanol–water partition coefficient (Wildman–Crippen LogP) is 2.97. The molecule has 1 aromatic carbocycles. The summed E-state index contributed by atoms with van der Waals surface area (Å²) in [6.45, 7) is 1.95. The van der Waals surface area contributed by atoms with Gasteiger partial charge in [-0.15, -0.1) is 0 Å². The summed E-state index contributed by atoms with van der Waals surface area (Å²) in [6, 6.07) is 17.1. The molecule has 3 aromatic rings. The van der Waals surface area contributed by atoms with Gasteiger partial charge < -0.3 is 10.8 Å². The van der Waals surface area contributed by atoms with Gasteiger partial charge >= 0.3 is 0 Å². The third-order valence-corrected chi connectivity index (χ3v) is 3.79. The molecule has 24 heavy (non-hydrogen) atoms. The van der Waals surface area contributed by atoms with Gasteiger partial charge in [-0.25, -0.2) is 0 Å². The van der Waals surface area contributed by atoms with Gasteiger partial charge in [0.1, 0.15) is 5.75 Å². The van der Waals surface area contributed by atoms with Crippen molar-refractivity contribution in [3.05, 3.63) is 83.9 Å². The molecule has 0 fully saturated rings. The fraction of sp³-hybridized carbons (Fsp3) is 0.158. The first-order valence-electron chi connectivity index (χ1n) is 7.81. The standard InChI is InChI=1S/C19H20N4O/c20-19-15(6-5-9-18(19)24)12-23(13-16-7-1-3-10-21-16)14-17-8-2-4-11-22-17/h1-11,24H,12-14,20H2. The number of phenols is 1. The zero-order valence-corrected chi connectivity index (χ0v) is 13.3. The molecule has 0 spiro atoms. The number of aromatic nitrogens is 2. The first kappa shape index (κ1) is 16.0. The number of nitrogens with two attached hydrogens (primary N) is 1. The molecule has 122 valence electrons. The van der Waals surface area contributed by atoms with E-state index in [9.17, 15) is 5.11 Å². The summed E-state index contributed by atoms with van der Waals surface area (Å²) in [5, 5.41) is 9.82. The molecule has 0 atom stereocenters. The van der Waals surface area contributed by atoms with Crippen LogP contribution in [0.3, 0.4) is 0 Å². The van der Waals surface area contributed by atoms with Crippen LogP contribution in [-0.4, -0.2) is 20.0 Å². The minimum Gasteiger partial charge on any atom is -0.506 e. The number of pyridine rings is 2.